The summed E-state index contributed by atoms with van der Waals surface area (Å²) in [4.78, 5) is 15.2. The number of hydrogen-bond acceptors (Lipinski definition) is 6. The molecule has 2 saturated heterocycles. The Bertz CT molecular complexity index is 796. The molecular weight excluding hydrogens is 366 g/mol. The van der Waals surface area contributed by atoms with Gasteiger partial charge in [-0.2, -0.15) is 0 Å². The Morgan fingerprint density at radius 3 is 2.63 bits per heavy atom. The molecule has 150 valence electrons. The van der Waals surface area contributed by atoms with Gasteiger partial charge in [0, 0.05) is 44.1 Å². The van der Waals surface area contributed by atoms with Crippen molar-refractivity contribution in [2.75, 3.05) is 37.3 Å². The summed E-state index contributed by atoms with van der Waals surface area (Å²) < 4.78 is 24.5. The van der Waals surface area contributed by atoms with Gasteiger partial charge in [0.25, 0.3) is 5.69 Å². The Labute approximate surface area is 161 Å². The van der Waals surface area contributed by atoms with Crippen molar-refractivity contribution < 1.29 is 13.3 Å². The zero-order valence-corrected chi connectivity index (χ0v) is 17.0. The van der Waals surface area contributed by atoms with E-state index in [4.69, 9.17) is 0 Å². The average Bonchev–Trinajstić information content (AvgIpc) is 2.62. The molecular formula is C19H29N3O4S. The summed E-state index contributed by atoms with van der Waals surface area (Å²) >= 11 is 0. The first kappa shape index (κ1) is 20.1. The number of anilines is 1. The Morgan fingerprint density at radius 1 is 1.19 bits per heavy atom. The van der Waals surface area contributed by atoms with Crippen LogP contribution in [0.5, 0.6) is 0 Å². The van der Waals surface area contributed by atoms with Gasteiger partial charge in [-0.3, -0.25) is 10.1 Å². The van der Waals surface area contributed by atoms with Crippen LogP contribution >= 0.6 is 0 Å². The van der Waals surface area contributed by atoms with Gasteiger partial charge in [0.15, 0.2) is 9.84 Å². The highest BCUT2D eigenvalue weighted by Gasteiger charge is 2.28. The molecule has 2 heterocycles. The number of benzene rings is 1. The fourth-order valence-corrected chi connectivity index (χ4v) is 5.28. The van der Waals surface area contributed by atoms with Crippen LogP contribution in [0.15, 0.2) is 23.1 Å². The normalized spacial score (nSPS) is 24.7. The van der Waals surface area contributed by atoms with Crippen molar-refractivity contribution in [3.8, 4) is 0 Å². The lowest BCUT2D eigenvalue weighted by Crippen LogP contribution is -2.45. The molecule has 2 aliphatic heterocycles. The third-order valence-electron chi connectivity index (χ3n) is 5.85. The van der Waals surface area contributed by atoms with Crippen molar-refractivity contribution in [1.82, 2.24) is 4.90 Å². The molecule has 2 unspecified atom stereocenters. The quantitative estimate of drug-likeness (QED) is 0.563. The highest BCUT2D eigenvalue weighted by Crippen LogP contribution is 2.33. The van der Waals surface area contributed by atoms with Gasteiger partial charge < -0.3 is 9.80 Å². The predicted molar refractivity (Wildman–Crippen MR) is 106 cm³/mol. The van der Waals surface area contributed by atoms with E-state index in [-0.39, 0.29) is 10.6 Å². The molecule has 0 saturated carbocycles. The first-order valence-electron chi connectivity index (χ1n) is 9.73. The second-order valence-electron chi connectivity index (χ2n) is 7.98. The summed E-state index contributed by atoms with van der Waals surface area (Å²) in [6.07, 6.45) is 7.06. The Kier molecular flexibility index (Phi) is 6.05. The molecule has 8 heteroatoms. The lowest BCUT2D eigenvalue weighted by Gasteiger charge is -2.40. The van der Waals surface area contributed by atoms with E-state index in [0.717, 1.165) is 45.3 Å². The lowest BCUT2D eigenvalue weighted by atomic mass is 9.94. The maximum absolute atomic E-state index is 12.3. The monoisotopic (exact) mass is 395 g/mol. The molecule has 0 bridgehead atoms. The number of nitrogens with zero attached hydrogens (tertiary/aromatic N) is 3. The van der Waals surface area contributed by atoms with Crippen molar-refractivity contribution in [3.63, 3.8) is 0 Å². The SMILES string of the molecule is CC1CCCCN1CC1CCCN(c2ccc([N+](=O)[O-])cc2S(C)(=O)=O)C1. The largest absolute Gasteiger partial charge is 0.370 e. The van der Waals surface area contributed by atoms with E-state index in [0.29, 0.717) is 17.6 Å². The van der Waals surface area contributed by atoms with Crippen LogP contribution in [0.3, 0.4) is 0 Å². The van der Waals surface area contributed by atoms with Gasteiger partial charge in [0.05, 0.1) is 15.5 Å². The molecule has 0 N–H and O–H groups in total. The van der Waals surface area contributed by atoms with Crippen LogP contribution in [0.4, 0.5) is 11.4 Å². The van der Waals surface area contributed by atoms with Gasteiger partial charge in [-0.1, -0.05) is 6.42 Å². The van der Waals surface area contributed by atoms with Crippen LogP contribution in [0.2, 0.25) is 0 Å². The Balaban J connectivity index is 1.80. The van der Waals surface area contributed by atoms with E-state index in [1.54, 1.807) is 6.07 Å². The maximum atomic E-state index is 12.3. The van der Waals surface area contributed by atoms with Crippen LogP contribution in [0.25, 0.3) is 0 Å². The lowest BCUT2D eigenvalue weighted by molar-refractivity contribution is -0.385. The molecule has 0 spiro atoms. The van der Waals surface area contributed by atoms with E-state index in [1.807, 2.05) is 0 Å². The molecule has 2 atom stereocenters. The summed E-state index contributed by atoms with van der Waals surface area (Å²) in [6.45, 7) is 6.05. The second-order valence-corrected chi connectivity index (χ2v) is 9.96. The van der Waals surface area contributed by atoms with E-state index < -0.39 is 14.8 Å². The van der Waals surface area contributed by atoms with Gasteiger partial charge in [-0.15, -0.1) is 0 Å². The fourth-order valence-electron chi connectivity index (χ4n) is 4.37. The topological polar surface area (TPSA) is 83.8 Å². The van der Waals surface area contributed by atoms with Gasteiger partial charge >= 0.3 is 0 Å². The molecule has 0 amide bonds. The predicted octanol–water partition coefficient (Wildman–Crippen LogP) is 3.09. The molecule has 3 rings (SSSR count). The van der Waals surface area contributed by atoms with Gasteiger partial charge in [-0.05, 0) is 51.1 Å². The maximum Gasteiger partial charge on any atom is 0.270 e. The van der Waals surface area contributed by atoms with Crippen molar-refractivity contribution in [1.29, 1.82) is 0 Å². The number of nitro groups is 1. The minimum atomic E-state index is -3.55. The Morgan fingerprint density at radius 2 is 1.96 bits per heavy atom. The van der Waals surface area contributed by atoms with Crippen LogP contribution in [-0.4, -0.2) is 56.7 Å². The minimum absolute atomic E-state index is 0.0590. The Hall–Kier alpha value is -1.67. The summed E-state index contributed by atoms with van der Waals surface area (Å²) in [5.41, 5.74) is 0.411. The van der Waals surface area contributed by atoms with E-state index >= 15 is 0 Å². The summed E-state index contributed by atoms with van der Waals surface area (Å²) in [5.74, 6) is 0.488. The second kappa shape index (κ2) is 8.14. The minimum Gasteiger partial charge on any atom is -0.370 e. The molecule has 7 nitrogen and oxygen atoms in total. The molecule has 27 heavy (non-hydrogen) atoms. The number of nitro benzene ring substituents is 1. The third-order valence-corrected chi connectivity index (χ3v) is 6.97. The molecule has 2 aliphatic rings. The zero-order valence-electron chi connectivity index (χ0n) is 16.1. The molecule has 1 aromatic rings. The zero-order chi connectivity index (χ0) is 19.6. The van der Waals surface area contributed by atoms with E-state index in [1.165, 1.54) is 31.4 Å². The van der Waals surface area contributed by atoms with Gasteiger partial charge in [-0.25, -0.2) is 8.42 Å². The van der Waals surface area contributed by atoms with E-state index in [2.05, 4.69) is 16.7 Å². The van der Waals surface area contributed by atoms with Crippen LogP contribution in [0, 0.1) is 16.0 Å². The molecule has 0 radical (unpaired) electrons. The average molecular weight is 396 g/mol. The van der Waals surface area contributed by atoms with Crippen molar-refractivity contribution >= 4 is 21.2 Å². The number of sulfone groups is 1. The first-order valence-corrected chi connectivity index (χ1v) is 11.6. The number of hydrogen-bond donors (Lipinski definition) is 0. The molecule has 0 aliphatic carbocycles. The fraction of sp³-hybridized carbons (Fsp3) is 0.684. The highest BCUT2D eigenvalue weighted by atomic mass is 32.2. The standard InChI is InChI=1S/C19H29N3O4S/c1-15-6-3-4-10-20(15)13-16-7-5-11-21(14-16)18-9-8-17(22(23)24)12-19(18)27(2,25)26/h8-9,12,15-16H,3-7,10-11,13-14H2,1-2H3. The van der Waals surface area contributed by atoms with Gasteiger partial charge in [0.2, 0.25) is 0 Å². The van der Waals surface area contributed by atoms with Crippen molar-refractivity contribution in [3.05, 3.63) is 28.3 Å². The summed E-state index contributed by atoms with van der Waals surface area (Å²) in [6, 6.07) is 4.81. The van der Waals surface area contributed by atoms with Crippen molar-refractivity contribution in [2.24, 2.45) is 5.92 Å². The van der Waals surface area contributed by atoms with Gasteiger partial charge in [0.1, 0.15) is 0 Å². The number of non-ortho nitro benzene ring substituents is 1. The van der Waals surface area contributed by atoms with Crippen molar-refractivity contribution in [2.45, 2.75) is 50.0 Å². The highest BCUT2D eigenvalue weighted by molar-refractivity contribution is 7.90. The van der Waals surface area contributed by atoms with E-state index in [9.17, 15) is 18.5 Å². The summed E-state index contributed by atoms with van der Waals surface area (Å²) in [7, 11) is -3.55. The number of piperidine rings is 2. The molecule has 2 fully saturated rings. The molecule has 1 aromatic carbocycles. The summed E-state index contributed by atoms with van der Waals surface area (Å²) in [5, 5.41) is 11.1. The smallest absolute Gasteiger partial charge is 0.270 e. The van der Waals surface area contributed by atoms with Crippen LogP contribution < -0.4 is 4.90 Å². The third kappa shape index (κ3) is 4.79. The number of likely N-dealkylation sites (tertiary alicyclic amines) is 1. The van der Waals surface area contributed by atoms with Crippen LogP contribution in [0.1, 0.15) is 39.0 Å². The number of rotatable bonds is 5. The first-order chi connectivity index (χ1) is 12.8. The molecule has 0 aromatic heterocycles. The van der Waals surface area contributed by atoms with Crippen LogP contribution in [-0.2, 0) is 9.84 Å².